The molecule has 0 atom stereocenters. The van der Waals surface area contributed by atoms with Crippen LogP contribution in [-0.2, 0) is 13.0 Å². The third-order valence-corrected chi connectivity index (χ3v) is 4.09. The Bertz CT molecular complexity index is 733. The second-order valence-electron chi connectivity index (χ2n) is 5.62. The number of pyridine rings is 1. The van der Waals surface area contributed by atoms with Crippen molar-refractivity contribution in [3.05, 3.63) is 56.5 Å². The van der Waals surface area contributed by atoms with Crippen LogP contribution in [-0.4, -0.2) is 12.1 Å². The molecule has 0 saturated heterocycles. The molecule has 22 heavy (non-hydrogen) atoms. The number of H-pyrrole nitrogens is 1. The number of benzene rings is 1. The van der Waals surface area contributed by atoms with E-state index in [1.165, 1.54) is 11.1 Å². The third-order valence-electron chi connectivity index (χ3n) is 4.09. The summed E-state index contributed by atoms with van der Waals surface area (Å²) in [6, 6.07) is 6.06. The van der Waals surface area contributed by atoms with E-state index in [9.17, 15) is 4.79 Å². The molecule has 0 aliphatic carbocycles. The fourth-order valence-corrected chi connectivity index (χ4v) is 2.53. The second kappa shape index (κ2) is 6.69. The zero-order valence-electron chi connectivity index (χ0n) is 14.0. The molecule has 0 fully saturated rings. The van der Waals surface area contributed by atoms with Gasteiger partial charge in [0.25, 0.3) is 5.56 Å². The molecule has 4 heteroatoms. The molecule has 4 nitrogen and oxygen atoms in total. The molecule has 0 amide bonds. The van der Waals surface area contributed by atoms with Gasteiger partial charge in [-0.25, -0.2) is 0 Å². The van der Waals surface area contributed by atoms with Gasteiger partial charge in [0.2, 0.25) is 0 Å². The van der Waals surface area contributed by atoms with Crippen LogP contribution in [0.1, 0.15) is 34.9 Å². The van der Waals surface area contributed by atoms with Gasteiger partial charge in [-0.15, -0.1) is 0 Å². The molecule has 0 spiro atoms. The van der Waals surface area contributed by atoms with Gasteiger partial charge in [0, 0.05) is 17.8 Å². The molecule has 1 heterocycles. The van der Waals surface area contributed by atoms with Gasteiger partial charge in [-0.2, -0.15) is 0 Å². The summed E-state index contributed by atoms with van der Waals surface area (Å²) in [6.45, 7) is 8.70. The van der Waals surface area contributed by atoms with Crippen LogP contribution in [0, 0.1) is 20.8 Å². The molecule has 2 rings (SSSR count). The van der Waals surface area contributed by atoms with Crippen molar-refractivity contribution in [2.24, 2.45) is 0 Å². The number of hydrogen-bond donors (Lipinski definition) is 2. The maximum absolute atomic E-state index is 12.1. The number of aromatic nitrogens is 1. The van der Waals surface area contributed by atoms with E-state index in [2.05, 4.69) is 37.1 Å². The van der Waals surface area contributed by atoms with Crippen LogP contribution in [0.4, 0.5) is 5.69 Å². The van der Waals surface area contributed by atoms with E-state index in [1.54, 1.807) is 7.11 Å². The lowest BCUT2D eigenvalue weighted by atomic mass is 10.0. The highest BCUT2D eigenvalue weighted by Crippen LogP contribution is 2.23. The smallest absolute Gasteiger partial charge is 0.271 e. The molecule has 118 valence electrons. The SMILES string of the molecule is CCc1cc(NCc2cc(C)c(C)cc2OC)c(=O)[nH]c1C. The minimum Gasteiger partial charge on any atom is -0.496 e. The predicted octanol–water partition coefficient (Wildman–Crippen LogP) is 3.48. The minimum absolute atomic E-state index is 0.0856. The highest BCUT2D eigenvalue weighted by molar-refractivity contribution is 5.48. The standard InChI is InChI=1S/C18H24N2O2/c1-6-14-9-16(18(21)20-13(14)4)19-10-15-7-11(2)12(3)8-17(15)22-5/h7-9,19H,6,10H2,1-5H3,(H,20,21). The molecule has 1 aromatic carbocycles. The summed E-state index contributed by atoms with van der Waals surface area (Å²) in [4.78, 5) is 14.9. The molecule has 2 N–H and O–H groups in total. The molecule has 2 aromatic rings. The molecule has 0 aliphatic rings. The Morgan fingerprint density at radius 1 is 1.09 bits per heavy atom. The molecular weight excluding hydrogens is 276 g/mol. The number of rotatable bonds is 5. The summed E-state index contributed by atoms with van der Waals surface area (Å²) in [5.74, 6) is 0.842. The Balaban J connectivity index is 2.27. The monoisotopic (exact) mass is 300 g/mol. The van der Waals surface area contributed by atoms with Crippen LogP contribution in [0.5, 0.6) is 5.75 Å². The largest absolute Gasteiger partial charge is 0.496 e. The maximum Gasteiger partial charge on any atom is 0.271 e. The number of ether oxygens (including phenoxy) is 1. The van der Waals surface area contributed by atoms with Gasteiger partial charge in [0.05, 0.1) is 7.11 Å². The van der Waals surface area contributed by atoms with E-state index in [-0.39, 0.29) is 5.56 Å². The van der Waals surface area contributed by atoms with Crippen molar-refractivity contribution in [1.82, 2.24) is 4.98 Å². The Kier molecular flexibility index (Phi) is 4.91. The molecule has 0 unspecified atom stereocenters. The van der Waals surface area contributed by atoms with Crippen LogP contribution >= 0.6 is 0 Å². The van der Waals surface area contributed by atoms with Crippen LogP contribution in [0.2, 0.25) is 0 Å². The Labute approximate surface area is 131 Å². The number of aryl methyl sites for hydroxylation is 4. The molecular formula is C18H24N2O2. The van der Waals surface area contributed by atoms with Gasteiger partial charge < -0.3 is 15.0 Å². The van der Waals surface area contributed by atoms with Gasteiger partial charge >= 0.3 is 0 Å². The summed E-state index contributed by atoms with van der Waals surface area (Å²) in [7, 11) is 1.67. The first kappa shape index (κ1) is 16.1. The van der Waals surface area contributed by atoms with E-state index >= 15 is 0 Å². The van der Waals surface area contributed by atoms with E-state index in [0.29, 0.717) is 12.2 Å². The lowest BCUT2D eigenvalue weighted by Crippen LogP contribution is -2.16. The highest BCUT2D eigenvalue weighted by atomic mass is 16.5. The maximum atomic E-state index is 12.1. The van der Waals surface area contributed by atoms with Crippen molar-refractivity contribution in [3.8, 4) is 5.75 Å². The number of anilines is 1. The lowest BCUT2D eigenvalue weighted by Gasteiger charge is -2.14. The third kappa shape index (κ3) is 3.32. The molecule has 1 aromatic heterocycles. The highest BCUT2D eigenvalue weighted by Gasteiger charge is 2.08. The fourth-order valence-electron chi connectivity index (χ4n) is 2.53. The number of aromatic amines is 1. The van der Waals surface area contributed by atoms with E-state index < -0.39 is 0 Å². The second-order valence-corrected chi connectivity index (χ2v) is 5.62. The predicted molar refractivity (Wildman–Crippen MR) is 91.0 cm³/mol. The number of hydrogen-bond acceptors (Lipinski definition) is 3. The average Bonchev–Trinajstić information content (AvgIpc) is 2.49. The number of nitrogens with one attached hydrogen (secondary N) is 2. The average molecular weight is 300 g/mol. The first-order valence-electron chi connectivity index (χ1n) is 7.57. The first-order valence-corrected chi connectivity index (χ1v) is 7.57. The Morgan fingerprint density at radius 3 is 2.41 bits per heavy atom. The van der Waals surface area contributed by atoms with Gasteiger partial charge in [-0.05, 0) is 56.0 Å². The first-order chi connectivity index (χ1) is 10.5. The zero-order valence-corrected chi connectivity index (χ0v) is 14.0. The molecule has 0 bridgehead atoms. The lowest BCUT2D eigenvalue weighted by molar-refractivity contribution is 0.410. The van der Waals surface area contributed by atoms with Crippen LogP contribution < -0.4 is 15.6 Å². The van der Waals surface area contributed by atoms with Gasteiger partial charge in [0.1, 0.15) is 11.4 Å². The zero-order chi connectivity index (χ0) is 16.3. The minimum atomic E-state index is -0.0856. The topological polar surface area (TPSA) is 54.1 Å². The Hall–Kier alpha value is -2.23. The summed E-state index contributed by atoms with van der Waals surface area (Å²) in [5.41, 5.74) is 6.05. The summed E-state index contributed by atoms with van der Waals surface area (Å²) < 4.78 is 5.44. The van der Waals surface area contributed by atoms with Crippen molar-refractivity contribution in [1.29, 1.82) is 0 Å². The summed E-state index contributed by atoms with van der Waals surface area (Å²) >= 11 is 0. The van der Waals surface area contributed by atoms with E-state index in [0.717, 1.165) is 29.0 Å². The van der Waals surface area contributed by atoms with Crippen molar-refractivity contribution >= 4 is 5.69 Å². The molecule has 0 radical (unpaired) electrons. The van der Waals surface area contributed by atoms with E-state index in [1.807, 2.05) is 19.1 Å². The van der Waals surface area contributed by atoms with Gasteiger partial charge in [-0.3, -0.25) is 4.79 Å². The van der Waals surface area contributed by atoms with Crippen LogP contribution in [0.15, 0.2) is 23.0 Å². The summed E-state index contributed by atoms with van der Waals surface area (Å²) in [6.07, 6.45) is 0.893. The van der Waals surface area contributed by atoms with E-state index in [4.69, 9.17) is 4.74 Å². The van der Waals surface area contributed by atoms with Crippen molar-refractivity contribution in [2.45, 2.75) is 40.7 Å². The molecule has 0 aliphatic heterocycles. The normalized spacial score (nSPS) is 10.6. The molecule has 0 saturated carbocycles. The number of methoxy groups -OCH3 is 1. The van der Waals surface area contributed by atoms with Crippen LogP contribution in [0.25, 0.3) is 0 Å². The van der Waals surface area contributed by atoms with Gasteiger partial charge in [0.15, 0.2) is 0 Å². The van der Waals surface area contributed by atoms with Gasteiger partial charge in [-0.1, -0.05) is 13.0 Å². The quantitative estimate of drug-likeness (QED) is 0.889. The van der Waals surface area contributed by atoms with Crippen molar-refractivity contribution in [2.75, 3.05) is 12.4 Å². The fraction of sp³-hybridized carbons (Fsp3) is 0.389. The Morgan fingerprint density at radius 2 is 1.77 bits per heavy atom. The summed E-state index contributed by atoms with van der Waals surface area (Å²) in [5, 5.41) is 3.23. The van der Waals surface area contributed by atoms with Crippen molar-refractivity contribution in [3.63, 3.8) is 0 Å². The van der Waals surface area contributed by atoms with Crippen molar-refractivity contribution < 1.29 is 4.74 Å². The van der Waals surface area contributed by atoms with Crippen LogP contribution in [0.3, 0.4) is 0 Å².